The molecule has 2 atom stereocenters. The zero-order chi connectivity index (χ0) is 11.0. The lowest BCUT2D eigenvalue weighted by Crippen LogP contribution is -2.33. The van der Waals surface area contributed by atoms with Crippen molar-refractivity contribution in [1.82, 2.24) is 5.32 Å². The van der Waals surface area contributed by atoms with Gasteiger partial charge in [-0.25, -0.2) is 0 Å². The third-order valence-electron chi connectivity index (χ3n) is 1.97. The minimum atomic E-state index is -0.197. The van der Waals surface area contributed by atoms with Gasteiger partial charge in [0, 0.05) is 0 Å². The number of rotatable bonds is 0. The average Bonchev–Trinajstić information content (AvgIpc) is 2.03. The van der Waals surface area contributed by atoms with Crippen LogP contribution in [0.25, 0.3) is 0 Å². The monoisotopic (exact) mass is 197 g/mol. The van der Waals surface area contributed by atoms with Crippen LogP contribution in [0, 0.1) is 23.3 Å². The van der Waals surface area contributed by atoms with E-state index in [-0.39, 0.29) is 5.96 Å². The van der Waals surface area contributed by atoms with Gasteiger partial charge in [-0.15, -0.1) is 4.99 Å². The largest absolute Gasteiger partial charge is 0.369 e. The van der Waals surface area contributed by atoms with E-state index in [1.807, 2.05) is 0 Å². The Hall–Kier alpha value is -1.28. The molecule has 80 valence electrons. The van der Waals surface area contributed by atoms with Crippen LogP contribution in [0.1, 0.15) is 20.3 Å². The van der Waals surface area contributed by atoms with E-state index >= 15 is 0 Å². The Morgan fingerprint density at radius 2 is 1.86 bits per heavy atom. The number of piperidine rings is 1. The Kier molecular flexibility index (Phi) is 6.50. The smallest absolute Gasteiger partial charge is 0.209 e. The molecule has 0 spiro atoms. The molecule has 5 nitrogen and oxygen atoms in total. The van der Waals surface area contributed by atoms with Gasteiger partial charge < -0.3 is 16.8 Å². The van der Waals surface area contributed by atoms with Crippen LogP contribution in [0.15, 0.2) is 4.99 Å². The number of guanidine groups is 1. The van der Waals surface area contributed by atoms with Gasteiger partial charge in [0.05, 0.1) is 0 Å². The van der Waals surface area contributed by atoms with E-state index in [4.69, 9.17) is 16.7 Å². The van der Waals surface area contributed by atoms with E-state index in [9.17, 15) is 0 Å². The highest BCUT2D eigenvalue weighted by atomic mass is 15.0. The minimum absolute atomic E-state index is 0.197. The second kappa shape index (κ2) is 7.15. The van der Waals surface area contributed by atoms with Gasteiger partial charge in [0.1, 0.15) is 0 Å². The first-order chi connectivity index (χ1) is 6.56. The summed E-state index contributed by atoms with van der Waals surface area (Å²) >= 11 is 0. The SMILES string of the molecule is CC1CNCC(C)C1.N#CN=C(N)N. The third kappa shape index (κ3) is 7.37. The Balaban J connectivity index is 0.000000255. The van der Waals surface area contributed by atoms with Gasteiger partial charge in [-0.1, -0.05) is 13.8 Å². The Labute approximate surface area is 85.2 Å². The quantitative estimate of drug-likeness (QED) is 0.289. The van der Waals surface area contributed by atoms with Gasteiger partial charge in [0.25, 0.3) is 0 Å². The van der Waals surface area contributed by atoms with Crippen molar-refractivity contribution in [2.45, 2.75) is 20.3 Å². The molecule has 1 heterocycles. The highest BCUT2D eigenvalue weighted by Crippen LogP contribution is 2.13. The minimum Gasteiger partial charge on any atom is -0.369 e. The van der Waals surface area contributed by atoms with Gasteiger partial charge in [-0.3, -0.25) is 0 Å². The maximum Gasteiger partial charge on any atom is 0.209 e. The molecule has 1 saturated heterocycles. The van der Waals surface area contributed by atoms with Crippen molar-refractivity contribution in [2.24, 2.45) is 28.3 Å². The summed E-state index contributed by atoms with van der Waals surface area (Å²) < 4.78 is 0. The fraction of sp³-hybridized carbons (Fsp3) is 0.778. The normalized spacial score (nSPS) is 25.2. The Morgan fingerprint density at radius 1 is 1.36 bits per heavy atom. The molecular formula is C9H19N5. The number of nitrogens with zero attached hydrogens (tertiary/aromatic N) is 2. The van der Waals surface area contributed by atoms with Gasteiger partial charge in [-0.2, -0.15) is 5.26 Å². The lowest BCUT2D eigenvalue weighted by Gasteiger charge is -2.24. The van der Waals surface area contributed by atoms with Crippen LogP contribution in [0.3, 0.4) is 0 Å². The van der Waals surface area contributed by atoms with Gasteiger partial charge in [0.2, 0.25) is 12.2 Å². The van der Waals surface area contributed by atoms with Crippen molar-refractivity contribution in [2.75, 3.05) is 13.1 Å². The Morgan fingerprint density at radius 3 is 2.00 bits per heavy atom. The fourth-order valence-electron chi connectivity index (χ4n) is 1.49. The maximum atomic E-state index is 7.64. The van der Waals surface area contributed by atoms with Crippen LogP contribution in [0.4, 0.5) is 0 Å². The summed E-state index contributed by atoms with van der Waals surface area (Å²) in [7, 11) is 0. The molecule has 0 aromatic rings. The summed E-state index contributed by atoms with van der Waals surface area (Å²) in [5.74, 6) is 1.61. The standard InChI is InChI=1S/C7H15N.C2H4N4/c1-6-3-7(2)5-8-4-6;3-1-6-2(4)5/h6-8H,3-5H2,1-2H3;(H4,4,5,6). The molecule has 1 fully saturated rings. The van der Waals surface area contributed by atoms with Crippen molar-refractivity contribution in [3.63, 3.8) is 0 Å². The van der Waals surface area contributed by atoms with E-state index in [1.54, 1.807) is 0 Å². The molecule has 2 unspecified atom stereocenters. The summed E-state index contributed by atoms with van der Waals surface area (Å²) in [5.41, 5.74) is 9.42. The van der Waals surface area contributed by atoms with Crippen molar-refractivity contribution in [3.05, 3.63) is 0 Å². The first kappa shape index (κ1) is 12.7. The average molecular weight is 197 g/mol. The summed E-state index contributed by atoms with van der Waals surface area (Å²) in [6.45, 7) is 7.07. The molecule has 0 radical (unpaired) electrons. The molecule has 0 saturated carbocycles. The van der Waals surface area contributed by atoms with E-state index in [1.165, 1.54) is 25.7 Å². The molecule has 0 aromatic heterocycles. The molecule has 0 amide bonds. The summed E-state index contributed by atoms with van der Waals surface area (Å²) in [6, 6.07) is 0. The van der Waals surface area contributed by atoms with E-state index in [0.29, 0.717) is 0 Å². The fourth-order valence-corrected chi connectivity index (χ4v) is 1.49. The van der Waals surface area contributed by atoms with Crippen molar-refractivity contribution in [1.29, 1.82) is 5.26 Å². The number of hydrogen-bond donors (Lipinski definition) is 3. The van der Waals surface area contributed by atoms with Crippen molar-refractivity contribution >= 4 is 5.96 Å². The first-order valence-electron chi connectivity index (χ1n) is 4.74. The molecular weight excluding hydrogens is 178 g/mol. The molecule has 14 heavy (non-hydrogen) atoms. The lowest BCUT2D eigenvalue weighted by atomic mass is 9.94. The summed E-state index contributed by atoms with van der Waals surface area (Å²) in [6.07, 6.45) is 2.81. The number of aliphatic imine (C=N–C) groups is 1. The predicted octanol–water partition coefficient (Wildman–Crippen LogP) is -0.00722. The molecule has 1 rings (SSSR count). The van der Waals surface area contributed by atoms with Crippen LogP contribution >= 0.6 is 0 Å². The molecule has 0 aromatic carbocycles. The van der Waals surface area contributed by atoms with Crippen molar-refractivity contribution in [3.8, 4) is 6.19 Å². The van der Waals surface area contributed by atoms with Crippen LogP contribution in [-0.4, -0.2) is 19.0 Å². The molecule has 0 bridgehead atoms. The molecule has 5 heteroatoms. The number of nitrogens with two attached hydrogens (primary N) is 2. The van der Waals surface area contributed by atoms with Crippen molar-refractivity contribution < 1.29 is 0 Å². The highest BCUT2D eigenvalue weighted by molar-refractivity contribution is 5.76. The van der Waals surface area contributed by atoms with E-state index in [0.717, 1.165) is 11.8 Å². The van der Waals surface area contributed by atoms with Crippen LogP contribution in [0.2, 0.25) is 0 Å². The van der Waals surface area contributed by atoms with Crippen LogP contribution in [-0.2, 0) is 0 Å². The predicted molar refractivity (Wildman–Crippen MR) is 57.2 cm³/mol. The number of hydrogen-bond acceptors (Lipinski definition) is 3. The second-order valence-corrected chi connectivity index (χ2v) is 3.74. The molecule has 5 N–H and O–H groups in total. The van der Waals surface area contributed by atoms with Crippen LogP contribution < -0.4 is 16.8 Å². The molecule has 1 aliphatic heterocycles. The maximum absolute atomic E-state index is 7.64. The number of nitriles is 1. The zero-order valence-electron chi connectivity index (χ0n) is 8.83. The van der Waals surface area contributed by atoms with Crippen LogP contribution in [0.5, 0.6) is 0 Å². The van der Waals surface area contributed by atoms with Gasteiger partial charge in [0.15, 0.2) is 0 Å². The Bertz CT molecular complexity index is 206. The first-order valence-corrected chi connectivity index (χ1v) is 4.74. The second-order valence-electron chi connectivity index (χ2n) is 3.74. The highest BCUT2D eigenvalue weighted by Gasteiger charge is 2.12. The van der Waals surface area contributed by atoms with E-state index in [2.05, 4.69) is 24.2 Å². The topological polar surface area (TPSA) is 100 Å². The van der Waals surface area contributed by atoms with Gasteiger partial charge >= 0.3 is 0 Å². The molecule has 0 aliphatic carbocycles. The summed E-state index contributed by atoms with van der Waals surface area (Å²) in [5, 5.41) is 11.0. The summed E-state index contributed by atoms with van der Waals surface area (Å²) in [4.78, 5) is 2.90. The third-order valence-corrected chi connectivity index (χ3v) is 1.97. The zero-order valence-corrected chi connectivity index (χ0v) is 8.83. The van der Waals surface area contributed by atoms with E-state index < -0.39 is 0 Å². The lowest BCUT2D eigenvalue weighted by molar-refractivity contribution is 0.321. The molecule has 1 aliphatic rings. The van der Waals surface area contributed by atoms with Gasteiger partial charge in [-0.05, 0) is 31.3 Å². The number of nitrogens with one attached hydrogen (secondary N) is 1.